The van der Waals surface area contributed by atoms with Gasteiger partial charge < -0.3 is 9.67 Å². The molecule has 0 saturated carbocycles. The number of nitrogens with one attached hydrogen (secondary N) is 1. The number of nitrogens with zero attached hydrogens (tertiary/aromatic N) is 3. The molecular formula is C10H9F3N4O3. The third-order valence-electron chi connectivity index (χ3n) is 2.54. The molecule has 0 aliphatic rings. The second-order valence-corrected chi connectivity index (χ2v) is 4.08. The van der Waals surface area contributed by atoms with Crippen LogP contribution in [0.1, 0.15) is 0 Å². The molecule has 0 aliphatic heterocycles. The lowest BCUT2D eigenvalue weighted by atomic mass is 10.3. The molecule has 2 aromatic rings. The van der Waals surface area contributed by atoms with Crippen molar-refractivity contribution in [3.8, 4) is 0 Å². The van der Waals surface area contributed by atoms with Crippen LogP contribution in [0, 0.1) is 0 Å². The van der Waals surface area contributed by atoms with Crippen molar-refractivity contribution in [2.24, 2.45) is 7.05 Å². The zero-order chi connectivity index (χ0) is 15.1. The van der Waals surface area contributed by atoms with Crippen molar-refractivity contribution in [1.82, 2.24) is 14.1 Å². The molecule has 0 fully saturated rings. The predicted octanol–water partition coefficient (Wildman–Crippen LogP) is 1.39. The van der Waals surface area contributed by atoms with Gasteiger partial charge in [0.25, 0.3) is 5.56 Å². The van der Waals surface area contributed by atoms with E-state index >= 15 is 0 Å². The van der Waals surface area contributed by atoms with Crippen LogP contribution in [0.5, 0.6) is 0 Å². The van der Waals surface area contributed by atoms with E-state index in [0.717, 1.165) is 6.33 Å². The summed E-state index contributed by atoms with van der Waals surface area (Å²) in [5, 5.41) is 10.4. The Morgan fingerprint density at radius 3 is 2.70 bits per heavy atom. The molecule has 0 aliphatic carbocycles. The van der Waals surface area contributed by atoms with E-state index in [1.165, 1.54) is 17.8 Å². The Morgan fingerprint density at radius 2 is 2.15 bits per heavy atom. The molecule has 108 valence electrons. The highest BCUT2D eigenvalue weighted by Gasteiger charge is 2.29. The van der Waals surface area contributed by atoms with E-state index in [1.54, 1.807) is 0 Å². The Kier molecular flexibility index (Phi) is 3.16. The first-order chi connectivity index (χ1) is 9.19. The van der Waals surface area contributed by atoms with E-state index in [-0.39, 0.29) is 16.7 Å². The second-order valence-electron chi connectivity index (χ2n) is 4.08. The summed E-state index contributed by atoms with van der Waals surface area (Å²) in [5.74, 6) is 0. The minimum Gasteiger partial charge on any atom is -0.465 e. The number of aromatic nitrogens is 3. The van der Waals surface area contributed by atoms with Gasteiger partial charge in [-0.15, -0.1) is 0 Å². The number of aryl methyl sites for hydroxylation is 1. The van der Waals surface area contributed by atoms with Crippen molar-refractivity contribution in [2.45, 2.75) is 12.7 Å². The lowest BCUT2D eigenvalue weighted by Crippen LogP contribution is -2.28. The van der Waals surface area contributed by atoms with Crippen LogP contribution in [0.4, 0.5) is 23.7 Å². The monoisotopic (exact) mass is 290 g/mol. The van der Waals surface area contributed by atoms with Crippen molar-refractivity contribution < 1.29 is 23.1 Å². The number of amides is 1. The van der Waals surface area contributed by atoms with Gasteiger partial charge in [-0.3, -0.25) is 14.7 Å². The van der Waals surface area contributed by atoms with Gasteiger partial charge in [-0.05, 0) is 0 Å². The lowest BCUT2D eigenvalue weighted by molar-refractivity contribution is -0.141. The van der Waals surface area contributed by atoms with E-state index in [2.05, 4.69) is 4.98 Å². The van der Waals surface area contributed by atoms with Crippen LogP contribution in [0.3, 0.4) is 0 Å². The number of halogens is 3. The maximum absolute atomic E-state index is 12.3. The minimum absolute atomic E-state index is 0.0946. The average molecular weight is 290 g/mol. The van der Waals surface area contributed by atoms with Crippen molar-refractivity contribution in [3.05, 3.63) is 22.9 Å². The summed E-state index contributed by atoms with van der Waals surface area (Å²) in [5.41, 5.74) is -0.974. The highest BCUT2D eigenvalue weighted by molar-refractivity contribution is 5.97. The van der Waals surface area contributed by atoms with Gasteiger partial charge in [-0.25, -0.2) is 9.78 Å². The van der Waals surface area contributed by atoms with E-state index in [1.807, 2.05) is 5.32 Å². The fraction of sp³-hybridized carbons (Fsp3) is 0.300. The van der Waals surface area contributed by atoms with Gasteiger partial charge in [0, 0.05) is 13.2 Å². The second kappa shape index (κ2) is 4.54. The molecule has 0 bridgehead atoms. The molecule has 0 radical (unpaired) electrons. The van der Waals surface area contributed by atoms with Crippen LogP contribution < -0.4 is 10.9 Å². The van der Waals surface area contributed by atoms with Gasteiger partial charge in [-0.1, -0.05) is 0 Å². The van der Waals surface area contributed by atoms with Crippen LogP contribution in [0.25, 0.3) is 11.0 Å². The minimum atomic E-state index is -4.58. The number of carbonyl (C=O) groups is 1. The van der Waals surface area contributed by atoms with Gasteiger partial charge in [0.1, 0.15) is 23.9 Å². The molecule has 0 unspecified atom stereocenters. The number of hydrogen-bond acceptors (Lipinski definition) is 3. The lowest BCUT2D eigenvalue weighted by Gasteiger charge is -2.09. The topological polar surface area (TPSA) is 89.2 Å². The quantitative estimate of drug-likeness (QED) is 0.874. The molecule has 2 aromatic heterocycles. The first-order valence-electron chi connectivity index (χ1n) is 5.30. The molecule has 2 rings (SSSR count). The van der Waals surface area contributed by atoms with Gasteiger partial charge in [-0.2, -0.15) is 13.2 Å². The zero-order valence-electron chi connectivity index (χ0n) is 10.1. The average Bonchev–Trinajstić information content (AvgIpc) is 2.57. The van der Waals surface area contributed by atoms with E-state index in [0.29, 0.717) is 4.57 Å². The van der Waals surface area contributed by atoms with Crippen LogP contribution in [0.2, 0.25) is 0 Å². The summed E-state index contributed by atoms with van der Waals surface area (Å²) < 4.78 is 38.7. The highest BCUT2D eigenvalue weighted by Crippen LogP contribution is 2.21. The predicted molar refractivity (Wildman–Crippen MR) is 62.7 cm³/mol. The standard InChI is InChI=1S/C10H9F3N4O3/c1-16-2-5(15-9(19)20)6-7(16)14-4-17(8(6)18)3-10(11,12)13/h2,4,15H,3H2,1H3,(H,19,20). The van der Waals surface area contributed by atoms with Crippen LogP contribution in [0.15, 0.2) is 17.3 Å². The molecule has 10 heteroatoms. The third-order valence-corrected chi connectivity index (χ3v) is 2.54. The summed E-state index contributed by atoms with van der Waals surface area (Å²) in [6.45, 7) is -1.49. The summed E-state index contributed by atoms with van der Waals surface area (Å²) in [6, 6.07) is 0. The summed E-state index contributed by atoms with van der Waals surface area (Å²) in [4.78, 5) is 26.4. The van der Waals surface area contributed by atoms with E-state index < -0.39 is 24.4 Å². The Hall–Kier alpha value is -2.52. The third kappa shape index (κ3) is 2.58. The maximum atomic E-state index is 12.3. The Morgan fingerprint density at radius 1 is 1.50 bits per heavy atom. The zero-order valence-corrected chi connectivity index (χ0v) is 10.1. The van der Waals surface area contributed by atoms with Crippen molar-refractivity contribution in [3.63, 3.8) is 0 Å². The van der Waals surface area contributed by atoms with Gasteiger partial charge in [0.05, 0.1) is 5.69 Å². The Bertz CT molecular complexity index is 732. The van der Waals surface area contributed by atoms with Crippen LogP contribution >= 0.6 is 0 Å². The molecule has 2 heterocycles. The van der Waals surface area contributed by atoms with Crippen molar-refractivity contribution >= 4 is 22.8 Å². The van der Waals surface area contributed by atoms with E-state index in [9.17, 15) is 22.8 Å². The van der Waals surface area contributed by atoms with Crippen LogP contribution in [-0.4, -0.2) is 31.5 Å². The summed E-state index contributed by atoms with van der Waals surface area (Å²) in [6.07, 6.45) is -3.95. The molecule has 0 spiro atoms. The SMILES string of the molecule is Cn1cc(NC(=O)O)c2c(=O)n(CC(F)(F)F)cnc21. The number of rotatable bonds is 2. The first kappa shape index (κ1) is 13.9. The Labute approximate surface area is 109 Å². The summed E-state index contributed by atoms with van der Waals surface area (Å²) in [7, 11) is 1.50. The number of fused-ring (bicyclic) bond motifs is 1. The molecule has 7 nitrogen and oxygen atoms in total. The van der Waals surface area contributed by atoms with E-state index in [4.69, 9.17) is 5.11 Å². The molecule has 1 amide bonds. The van der Waals surface area contributed by atoms with Crippen molar-refractivity contribution in [1.29, 1.82) is 0 Å². The van der Waals surface area contributed by atoms with Crippen molar-refractivity contribution in [2.75, 3.05) is 5.32 Å². The molecule has 20 heavy (non-hydrogen) atoms. The highest BCUT2D eigenvalue weighted by atomic mass is 19.4. The van der Waals surface area contributed by atoms with Gasteiger partial charge in [0.2, 0.25) is 0 Å². The Balaban J connectivity index is 2.64. The molecule has 2 N–H and O–H groups in total. The number of anilines is 1. The maximum Gasteiger partial charge on any atom is 0.409 e. The fourth-order valence-electron chi connectivity index (χ4n) is 1.82. The molecule has 0 aromatic carbocycles. The number of carboxylic acid groups (broad SMARTS) is 1. The van der Waals surface area contributed by atoms with Gasteiger partial charge in [0.15, 0.2) is 0 Å². The summed E-state index contributed by atoms with van der Waals surface area (Å²) >= 11 is 0. The number of alkyl halides is 3. The smallest absolute Gasteiger partial charge is 0.409 e. The molecular weight excluding hydrogens is 281 g/mol. The fourth-order valence-corrected chi connectivity index (χ4v) is 1.82. The largest absolute Gasteiger partial charge is 0.465 e. The van der Waals surface area contributed by atoms with Gasteiger partial charge >= 0.3 is 12.3 Å². The first-order valence-corrected chi connectivity index (χ1v) is 5.30. The molecule has 0 saturated heterocycles. The normalized spacial score (nSPS) is 11.8. The number of hydrogen-bond donors (Lipinski definition) is 2. The van der Waals surface area contributed by atoms with Crippen LogP contribution in [-0.2, 0) is 13.6 Å². The molecule has 0 atom stereocenters.